The molecule has 3 nitrogen and oxygen atoms in total. The van der Waals surface area contributed by atoms with Crippen LogP contribution in [0, 0.1) is 0 Å². The summed E-state index contributed by atoms with van der Waals surface area (Å²) in [5, 5.41) is 1.55. The molecule has 17 heavy (non-hydrogen) atoms. The van der Waals surface area contributed by atoms with Gasteiger partial charge in [0.1, 0.15) is 11.5 Å². The maximum absolute atomic E-state index is 5.85. The van der Waals surface area contributed by atoms with Crippen LogP contribution in [-0.4, -0.2) is 15.0 Å². The van der Waals surface area contributed by atoms with Crippen LogP contribution in [0.2, 0.25) is 5.15 Å². The molecule has 0 unspecified atom stereocenters. The number of pyridine rings is 1. The maximum atomic E-state index is 5.85. The van der Waals surface area contributed by atoms with E-state index in [0.29, 0.717) is 5.15 Å². The topological polar surface area (TPSA) is 38.7 Å². The maximum Gasteiger partial charge on any atom is 0.133 e. The average molecular weight is 242 g/mol. The summed E-state index contributed by atoms with van der Waals surface area (Å²) in [7, 11) is 0. The molecule has 0 atom stereocenters. The summed E-state index contributed by atoms with van der Waals surface area (Å²) in [6.45, 7) is 0. The number of fused-ring (bicyclic) bond motifs is 1. The van der Waals surface area contributed by atoms with Crippen molar-refractivity contribution in [2.45, 2.75) is 0 Å². The van der Waals surface area contributed by atoms with Crippen molar-refractivity contribution in [3.05, 3.63) is 54.1 Å². The van der Waals surface area contributed by atoms with E-state index in [2.05, 4.69) is 15.0 Å². The lowest BCUT2D eigenvalue weighted by Crippen LogP contribution is -1.86. The highest BCUT2D eigenvalue weighted by atomic mass is 35.5. The minimum atomic E-state index is 0.441. The van der Waals surface area contributed by atoms with Gasteiger partial charge in [0.15, 0.2) is 0 Å². The van der Waals surface area contributed by atoms with Gasteiger partial charge in [-0.15, -0.1) is 0 Å². The fraction of sp³-hybridized carbons (Fsp3) is 0. The highest BCUT2D eigenvalue weighted by molar-refractivity contribution is 6.29. The van der Waals surface area contributed by atoms with Gasteiger partial charge in [-0.05, 0) is 12.1 Å². The van der Waals surface area contributed by atoms with Gasteiger partial charge in [0, 0.05) is 23.2 Å². The van der Waals surface area contributed by atoms with Gasteiger partial charge in [0.05, 0.1) is 11.2 Å². The van der Waals surface area contributed by atoms with E-state index < -0.39 is 0 Å². The van der Waals surface area contributed by atoms with Crippen molar-refractivity contribution in [3.8, 4) is 11.3 Å². The Bertz CT molecular complexity index is 682. The van der Waals surface area contributed by atoms with E-state index in [1.807, 2.05) is 30.3 Å². The molecule has 82 valence electrons. The lowest BCUT2D eigenvalue weighted by Gasteiger charge is -2.02. The summed E-state index contributed by atoms with van der Waals surface area (Å²) in [5.41, 5.74) is 2.73. The minimum Gasteiger partial charge on any atom is -0.256 e. The lowest BCUT2D eigenvalue weighted by molar-refractivity contribution is 1.17. The van der Waals surface area contributed by atoms with Crippen molar-refractivity contribution in [1.82, 2.24) is 15.0 Å². The van der Waals surface area contributed by atoms with Gasteiger partial charge in [-0.3, -0.25) is 4.98 Å². The van der Waals surface area contributed by atoms with E-state index in [1.165, 1.54) is 6.33 Å². The normalized spacial score (nSPS) is 10.6. The average Bonchev–Trinajstić information content (AvgIpc) is 2.38. The number of benzene rings is 1. The molecule has 1 aromatic carbocycles. The molecular formula is C13H8ClN3. The highest BCUT2D eigenvalue weighted by Crippen LogP contribution is 2.22. The van der Waals surface area contributed by atoms with Crippen LogP contribution in [0.3, 0.4) is 0 Å². The number of nitrogens with zero attached hydrogens (tertiary/aromatic N) is 3. The number of rotatable bonds is 1. The monoisotopic (exact) mass is 241 g/mol. The zero-order valence-corrected chi connectivity index (χ0v) is 9.59. The molecule has 0 aliphatic heterocycles. The fourth-order valence-corrected chi connectivity index (χ4v) is 1.86. The summed E-state index contributed by atoms with van der Waals surface area (Å²) < 4.78 is 0. The zero-order valence-electron chi connectivity index (χ0n) is 8.84. The minimum absolute atomic E-state index is 0.441. The molecule has 0 spiro atoms. The van der Waals surface area contributed by atoms with Gasteiger partial charge in [-0.1, -0.05) is 29.8 Å². The Kier molecular flexibility index (Phi) is 2.46. The first-order chi connectivity index (χ1) is 8.33. The molecule has 0 N–H and O–H groups in total. The standard InChI is InChI=1S/C13H8ClN3/c14-13-7-12(16-8-17-13)10-4-3-9-2-1-5-15-11(9)6-10/h1-8H. The first-order valence-electron chi connectivity index (χ1n) is 5.16. The largest absolute Gasteiger partial charge is 0.256 e. The number of halogens is 1. The Morgan fingerprint density at radius 1 is 0.941 bits per heavy atom. The third kappa shape index (κ3) is 1.97. The van der Waals surface area contributed by atoms with E-state index in [4.69, 9.17) is 11.6 Å². The van der Waals surface area contributed by atoms with Crippen LogP contribution in [0.25, 0.3) is 22.2 Å². The molecule has 0 fully saturated rings. The molecule has 0 saturated heterocycles. The molecule has 0 saturated carbocycles. The molecule has 0 aliphatic rings. The molecular weight excluding hydrogens is 234 g/mol. The van der Waals surface area contributed by atoms with Crippen molar-refractivity contribution >= 4 is 22.5 Å². The van der Waals surface area contributed by atoms with Crippen LogP contribution in [-0.2, 0) is 0 Å². The summed E-state index contributed by atoms with van der Waals surface area (Å²) in [6.07, 6.45) is 3.24. The van der Waals surface area contributed by atoms with Crippen molar-refractivity contribution in [2.24, 2.45) is 0 Å². The van der Waals surface area contributed by atoms with E-state index in [9.17, 15) is 0 Å². The van der Waals surface area contributed by atoms with Gasteiger partial charge < -0.3 is 0 Å². The second kappa shape index (κ2) is 4.11. The summed E-state index contributed by atoms with van der Waals surface area (Å²) in [5.74, 6) is 0. The Morgan fingerprint density at radius 2 is 1.88 bits per heavy atom. The van der Waals surface area contributed by atoms with Crippen molar-refractivity contribution < 1.29 is 0 Å². The van der Waals surface area contributed by atoms with Crippen LogP contribution in [0.4, 0.5) is 0 Å². The third-order valence-electron chi connectivity index (χ3n) is 2.54. The lowest BCUT2D eigenvalue weighted by atomic mass is 10.1. The molecule has 0 aliphatic carbocycles. The van der Waals surface area contributed by atoms with E-state index in [1.54, 1.807) is 12.3 Å². The first kappa shape index (κ1) is 10.2. The third-order valence-corrected chi connectivity index (χ3v) is 2.74. The van der Waals surface area contributed by atoms with Gasteiger partial charge in [-0.2, -0.15) is 0 Å². The molecule has 2 aromatic heterocycles. The number of hydrogen-bond donors (Lipinski definition) is 0. The molecule has 3 rings (SSSR count). The molecule has 2 heterocycles. The predicted molar refractivity (Wildman–Crippen MR) is 67.8 cm³/mol. The Hall–Kier alpha value is -2.00. The van der Waals surface area contributed by atoms with Crippen molar-refractivity contribution in [2.75, 3.05) is 0 Å². The Labute approximate surface area is 103 Å². The van der Waals surface area contributed by atoms with Crippen molar-refractivity contribution in [1.29, 1.82) is 0 Å². The van der Waals surface area contributed by atoms with Crippen molar-refractivity contribution in [3.63, 3.8) is 0 Å². The second-order valence-corrected chi connectivity index (χ2v) is 4.02. The number of hydrogen-bond acceptors (Lipinski definition) is 3. The summed E-state index contributed by atoms with van der Waals surface area (Å²) in [6, 6.07) is 11.7. The predicted octanol–water partition coefficient (Wildman–Crippen LogP) is 3.35. The van der Waals surface area contributed by atoms with Gasteiger partial charge in [0.2, 0.25) is 0 Å². The second-order valence-electron chi connectivity index (χ2n) is 3.64. The quantitative estimate of drug-likeness (QED) is 0.614. The van der Waals surface area contributed by atoms with Crippen LogP contribution < -0.4 is 0 Å². The highest BCUT2D eigenvalue weighted by Gasteiger charge is 2.02. The Morgan fingerprint density at radius 3 is 2.76 bits per heavy atom. The van der Waals surface area contributed by atoms with Crippen LogP contribution >= 0.6 is 11.6 Å². The number of aromatic nitrogens is 3. The molecule has 0 radical (unpaired) electrons. The molecule has 0 bridgehead atoms. The van der Waals surface area contributed by atoms with E-state index in [-0.39, 0.29) is 0 Å². The zero-order chi connectivity index (χ0) is 11.7. The SMILES string of the molecule is Clc1cc(-c2ccc3cccnc3c2)ncn1. The van der Waals surface area contributed by atoms with E-state index >= 15 is 0 Å². The van der Waals surface area contributed by atoms with E-state index in [0.717, 1.165) is 22.2 Å². The smallest absolute Gasteiger partial charge is 0.133 e. The van der Waals surface area contributed by atoms with Gasteiger partial charge >= 0.3 is 0 Å². The van der Waals surface area contributed by atoms with Crippen LogP contribution in [0.1, 0.15) is 0 Å². The Balaban J connectivity index is 2.18. The molecule has 4 heteroatoms. The van der Waals surface area contributed by atoms with Crippen LogP contribution in [0.15, 0.2) is 48.9 Å². The molecule has 0 amide bonds. The fourth-order valence-electron chi connectivity index (χ4n) is 1.72. The van der Waals surface area contributed by atoms with Crippen LogP contribution in [0.5, 0.6) is 0 Å². The van der Waals surface area contributed by atoms with Gasteiger partial charge in [0.25, 0.3) is 0 Å². The first-order valence-corrected chi connectivity index (χ1v) is 5.53. The summed E-state index contributed by atoms with van der Waals surface area (Å²) >= 11 is 5.85. The summed E-state index contributed by atoms with van der Waals surface area (Å²) in [4.78, 5) is 12.4. The van der Waals surface area contributed by atoms with Gasteiger partial charge in [-0.25, -0.2) is 9.97 Å². The molecule has 3 aromatic rings.